The van der Waals surface area contributed by atoms with Crippen LogP contribution < -0.4 is 9.47 Å². The fourth-order valence-electron chi connectivity index (χ4n) is 2.54. The Hall–Kier alpha value is -1.89. The van der Waals surface area contributed by atoms with Crippen LogP contribution in [0.2, 0.25) is 0 Å². The summed E-state index contributed by atoms with van der Waals surface area (Å²) in [6, 6.07) is 1.87. The highest BCUT2D eigenvalue weighted by Crippen LogP contribution is 2.22. The smallest absolute Gasteiger partial charge is 0.357 e. The van der Waals surface area contributed by atoms with E-state index in [9.17, 15) is 4.79 Å². The molecule has 0 bridgehead atoms. The van der Waals surface area contributed by atoms with Crippen molar-refractivity contribution >= 4 is 5.97 Å². The molecule has 1 aromatic heterocycles. The van der Waals surface area contributed by atoms with Crippen molar-refractivity contribution in [3.8, 4) is 11.9 Å². The molecular formula is C14H21N3O4. The van der Waals surface area contributed by atoms with Crippen LogP contribution in [0.1, 0.15) is 30.3 Å². The summed E-state index contributed by atoms with van der Waals surface area (Å²) in [5, 5.41) is 0. The first-order valence-corrected chi connectivity index (χ1v) is 6.93. The average molecular weight is 295 g/mol. The molecule has 0 amide bonds. The molecule has 0 spiro atoms. The van der Waals surface area contributed by atoms with Crippen molar-refractivity contribution in [1.82, 2.24) is 14.9 Å². The quantitative estimate of drug-likeness (QED) is 0.754. The first kappa shape index (κ1) is 15.5. The van der Waals surface area contributed by atoms with Crippen LogP contribution >= 0.6 is 0 Å². The van der Waals surface area contributed by atoms with Crippen LogP contribution in [0, 0.1) is 0 Å². The topological polar surface area (TPSA) is 73.8 Å². The van der Waals surface area contributed by atoms with Gasteiger partial charge in [0.2, 0.25) is 5.88 Å². The third kappa shape index (κ3) is 3.60. The maximum absolute atomic E-state index is 11.6. The Morgan fingerprint density at radius 2 is 2.19 bits per heavy atom. The SMILES string of the molecule is COC(=O)c1cc(OC)nc(O[C@@H](C)[C@@H]2CCCN2C)n1. The van der Waals surface area contributed by atoms with E-state index in [4.69, 9.17) is 9.47 Å². The molecule has 21 heavy (non-hydrogen) atoms. The van der Waals surface area contributed by atoms with E-state index in [0.717, 1.165) is 19.4 Å². The van der Waals surface area contributed by atoms with E-state index in [0.29, 0.717) is 6.04 Å². The second-order valence-electron chi connectivity index (χ2n) is 5.08. The number of aromatic nitrogens is 2. The van der Waals surface area contributed by atoms with Crippen molar-refractivity contribution in [3.63, 3.8) is 0 Å². The van der Waals surface area contributed by atoms with Gasteiger partial charge in [-0.05, 0) is 33.4 Å². The van der Waals surface area contributed by atoms with Crippen molar-refractivity contribution in [2.24, 2.45) is 0 Å². The number of likely N-dealkylation sites (tertiary alicyclic amines) is 1. The van der Waals surface area contributed by atoms with Gasteiger partial charge in [-0.2, -0.15) is 9.97 Å². The summed E-state index contributed by atoms with van der Waals surface area (Å²) in [4.78, 5) is 22.1. The van der Waals surface area contributed by atoms with Gasteiger partial charge in [-0.3, -0.25) is 4.90 Å². The van der Waals surface area contributed by atoms with E-state index in [1.807, 2.05) is 6.92 Å². The van der Waals surface area contributed by atoms with E-state index >= 15 is 0 Å². The molecule has 7 heteroatoms. The number of carbonyl (C=O) groups is 1. The van der Waals surface area contributed by atoms with Gasteiger partial charge in [0.25, 0.3) is 0 Å². The fourth-order valence-corrected chi connectivity index (χ4v) is 2.54. The molecule has 0 N–H and O–H groups in total. The highest BCUT2D eigenvalue weighted by Gasteiger charge is 2.28. The lowest BCUT2D eigenvalue weighted by atomic mass is 10.1. The number of ether oxygens (including phenoxy) is 3. The monoisotopic (exact) mass is 295 g/mol. The molecule has 0 radical (unpaired) electrons. The van der Waals surface area contributed by atoms with Crippen LogP contribution in [-0.4, -0.2) is 60.8 Å². The van der Waals surface area contributed by atoms with Gasteiger partial charge in [-0.1, -0.05) is 0 Å². The zero-order chi connectivity index (χ0) is 15.4. The Labute approximate surface area is 124 Å². The second-order valence-corrected chi connectivity index (χ2v) is 5.08. The van der Waals surface area contributed by atoms with Crippen LogP contribution in [0.5, 0.6) is 11.9 Å². The van der Waals surface area contributed by atoms with E-state index < -0.39 is 5.97 Å². The number of carbonyl (C=O) groups excluding carboxylic acids is 1. The molecule has 1 aliphatic rings. The number of methoxy groups -OCH3 is 2. The van der Waals surface area contributed by atoms with E-state index in [1.165, 1.54) is 20.3 Å². The van der Waals surface area contributed by atoms with Gasteiger partial charge < -0.3 is 14.2 Å². The number of esters is 1. The van der Waals surface area contributed by atoms with Gasteiger partial charge in [-0.25, -0.2) is 4.79 Å². The van der Waals surface area contributed by atoms with Crippen molar-refractivity contribution < 1.29 is 19.0 Å². The lowest BCUT2D eigenvalue weighted by Crippen LogP contribution is -2.38. The minimum atomic E-state index is -0.550. The number of hydrogen-bond donors (Lipinski definition) is 0. The zero-order valence-corrected chi connectivity index (χ0v) is 12.8. The maximum atomic E-state index is 11.6. The maximum Gasteiger partial charge on any atom is 0.357 e. The third-order valence-corrected chi connectivity index (χ3v) is 3.70. The van der Waals surface area contributed by atoms with Crippen LogP contribution in [-0.2, 0) is 4.74 Å². The Morgan fingerprint density at radius 1 is 1.43 bits per heavy atom. The Bertz CT molecular complexity index is 509. The summed E-state index contributed by atoms with van der Waals surface area (Å²) in [5.74, 6) is -0.279. The van der Waals surface area contributed by atoms with Crippen molar-refractivity contribution in [1.29, 1.82) is 0 Å². The van der Waals surface area contributed by atoms with Gasteiger partial charge in [0.15, 0.2) is 5.69 Å². The molecule has 2 atom stereocenters. The molecule has 0 saturated carbocycles. The summed E-state index contributed by atoms with van der Waals surface area (Å²) in [6.07, 6.45) is 2.15. The first-order valence-electron chi connectivity index (χ1n) is 6.93. The largest absolute Gasteiger partial charge is 0.481 e. The molecular weight excluding hydrogens is 274 g/mol. The van der Waals surface area contributed by atoms with Crippen molar-refractivity contribution in [3.05, 3.63) is 11.8 Å². The van der Waals surface area contributed by atoms with Gasteiger partial charge in [0.1, 0.15) is 6.10 Å². The molecule has 1 aliphatic heterocycles. The van der Waals surface area contributed by atoms with Crippen molar-refractivity contribution in [2.45, 2.75) is 31.9 Å². The first-order chi connectivity index (χ1) is 10.0. The molecule has 0 aromatic carbocycles. The second kappa shape index (κ2) is 6.71. The molecule has 116 valence electrons. The van der Waals surface area contributed by atoms with Gasteiger partial charge in [-0.15, -0.1) is 0 Å². The lowest BCUT2D eigenvalue weighted by molar-refractivity contribution is 0.0588. The Morgan fingerprint density at radius 3 is 2.76 bits per heavy atom. The van der Waals surface area contributed by atoms with Gasteiger partial charge in [0.05, 0.1) is 14.2 Å². The number of hydrogen-bond acceptors (Lipinski definition) is 7. The zero-order valence-electron chi connectivity index (χ0n) is 12.8. The summed E-state index contributed by atoms with van der Waals surface area (Å²) in [7, 11) is 4.85. The molecule has 2 rings (SSSR count). The number of likely N-dealkylation sites (N-methyl/N-ethyl adjacent to an activating group) is 1. The molecule has 0 unspecified atom stereocenters. The third-order valence-electron chi connectivity index (χ3n) is 3.70. The van der Waals surface area contributed by atoms with Crippen molar-refractivity contribution in [2.75, 3.05) is 27.8 Å². The molecule has 0 aliphatic carbocycles. The fraction of sp³-hybridized carbons (Fsp3) is 0.643. The van der Waals surface area contributed by atoms with Crippen LogP contribution in [0.3, 0.4) is 0 Å². The predicted octanol–water partition coefficient (Wildman–Crippen LogP) is 1.13. The van der Waals surface area contributed by atoms with Crippen LogP contribution in [0.25, 0.3) is 0 Å². The Balaban J connectivity index is 2.16. The summed E-state index contributed by atoms with van der Waals surface area (Å²) >= 11 is 0. The van der Waals surface area contributed by atoms with Crippen LogP contribution in [0.15, 0.2) is 6.07 Å². The lowest BCUT2D eigenvalue weighted by Gasteiger charge is -2.25. The van der Waals surface area contributed by atoms with Gasteiger partial charge >= 0.3 is 12.0 Å². The highest BCUT2D eigenvalue weighted by molar-refractivity contribution is 5.87. The average Bonchev–Trinajstić information content (AvgIpc) is 2.92. The summed E-state index contributed by atoms with van der Waals surface area (Å²) in [6.45, 7) is 3.04. The normalized spacial score (nSPS) is 20.1. The number of nitrogens with zero attached hydrogens (tertiary/aromatic N) is 3. The Kier molecular flexibility index (Phi) is 4.95. The molecule has 2 heterocycles. The predicted molar refractivity (Wildman–Crippen MR) is 75.7 cm³/mol. The molecule has 1 aromatic rings. The molecule has 1 fully saturated rings. The number of rotatable bonds is 5. The summed E-state index contributed by atoms with van der Waals surface area (Å²) < 4.78 is 15.5. The van der Waals surface area contributed by atoms with E-state index in [1.54, 1.807) is 0 Å². The van der Waals surface area contributed by atoms with E-state index in [2.05, 4.69) is 26.7 Å². The van der Waals surface area contributed by atoms with E-state index in [-0.39, 0.29) is 23.7 Å². The minimum absolute atomic E-state index is 0.0740. The molecule has 1 saturated heterocycles. The van der Waals surface area contributed by atoms with Gasteiger partial charge in [0, 0.05) is 12.1 Å². The minimum Gasteiger partial charge on any atom is -0.481 e. The van der Waals surface area contributed by atoms with Crippen LogP contribution in [0.4, 0.5) is 0 Å². The standard InChI is InChI=1S/C14H21N3O4/c1-9(11-6-5-7-17(11)2)21-14-15-10(13(18)20-4)8-12(16-14)19-3/h8-9,11H,5-7H2,1-4H3/t9-,11-/m0/s1. The summed E-state index contributed by atoms with van der Waals surface area (Å²) in [5.41, 5.74) is 0.117. The highest BCUT2D eigenvalue weighted by atomic mass is 16.5. The molecule has 7 nitrogen and oxygen atoms in total.